The quantitative estimate of drug-likeness (QED) is 0.878. The number of amides is 1. The van der Waals surface area contributed by atoms with Crippen LogP contribution >= 0.6 is 11.6 Å². The maximum absolute atomic E-state index is 12.0. The number of likely N-dealkylation sites (tertiary alicyclic amines) is 1. The van der Waals surface area contributed by atoms with Gasteiger partial charge in [0.25, 0.3) is 0 Å². The highest BCUT2D eigenvalue weighted by molar-refractivity contribution is 6.30. The third kappa shape index (κ3) is 3.45. The van der Waals surface area contributed by atoms with Crippen molar-refractivity contribution in [3.8, 4) is 0 Å². The molecule has 1 heterocycles. The van der Waals surface area contributed by atoms with Gasteiger partial charge in [0, 0.05) is 16.6 Å². The van der Waals surface area contributed by atoms with Crippen LogP contribution in [0.15, 0.2) is 24.3 Å². The van der Waals surface area contributed by atoms with Crippen LogP contribution in [0.25, 0.3) is 0 Å². The topological polar surface area (TPSA) is 32.3 Å². The number of benzene rings is 1. The van der Waals surface area contributed by atoms with E-state index in [1.54, 1.807) is 12.1 Å². The lowest BCUT2D eigenvalue weighted by molar-refractivity contribution is -0.121. The molecule has 1 aliphatic heterocycles. The predicted molar refractivity (Wildman–Crippen MR) is 70.3 cm³/mol. The number of carbonyl (C=O) groups is 1. The monoisotopic (exact) mass is 252 g/mol. The van der Waals surface area contributed by atoms with Crippen LogP contribution in [0.1, 0.15) is 12.8 Å². The highest BCUT2D eigenvalue weighted by Gasteiger charge is 2.23. The van der Waals surface area contributed by atoms with Gasteiger partial charge in [-0.2, -0.15) is 0 Å². The summed E-state index contributed by atoms with van der Waals surface area (Å²) in [6.07, 6.45) is 1.88. The van der Waals surface area contributed by atoms with Crippen LogP contribution in [0.3, 0.4) is 0 Å². The van der Waals surface area contributed by atoms with Crippen molar-refractivity contribution in [2.75, 3.05) is 25.5 Å². The Morgan fingerprint density at radius 3 is 2.47 bits per heavy atom. The standard InChI is InChI=1S/C13H17ClN2O/c1-16-8-6-10(7-9-16)13(17)15-12-4-2-11(14)3-5-12/h2-5,10H,6-9H2,1H3,(H,15,17). The van der Waals surface area contributed by atoms with Crippen LogP contribution in [-0.2, 0) is 4.79 Å². The van der Waals surface area contributed by atoms with E-state index in [9.17, 15) is 4.79 Å². The first-order chi connectivity index (χ1) is 8.15. The molecule has 1 aromatic carbocycles. The minimum absolute atomic E-state index is 0.125. The number of hydrogen-bond acceptors (Lipinski definition) is 2. The molecule has 3 nitrogen and oxygen atoms in total. The van der Waals surface area contributed by atoms with E-state index in [0.29, 0.717) is 5.02 Å². The second-order valence-corrected chi connectivity index (χ2v) is 5.01. The average molecular weight is 253 g/mol. The molecule has 0 saturated carbocycles. The van der Waals surface area contributed by atoms with Gasteiger partial charge in [0.15, 0.2) is 0 Å². The van der Waals surface area contributed by atoms with Gasteiger partial charge < -0.3 is 10.2 Å². The number of anilines is 1. The van der Waals surface area contributed by atoms with E-state index in [-0.39, 0.29) is 11.8 Å². The summed E-state index contributed by atoms with van der Waals surface area (Å²) < 4.78 is 0. The van der Waals surface area contributed by atoms with E-state index in [1.807, 2.05) is 12.1 Å². The van der Waals surface area contributed by atoms with Crippen molar-refractivity contribution in [3.63, 3.8) is 0 Å². The van der Waals surface area contributed by atoms with Gasteiger partial charge in [-0.15, -0.1) is 0 Å². The minimum atomic E-state index is 0.125. The van der Waals surface area contributed by atoms with Gasteiger partial charge in [-0.05, 0) is 57.2 Å². The number of halogens is 1. The zero-order valence-electron chi connectivity index (χ0n) is 9.95. The Balaban J connectivity index is 1.90. The largest absolute Gasteiger partial charge is 0.326 e. The van der Waals surface area contributed by atoms with Gasteiger partial charge in [0.1, 0.15) is 0 Å². The summed E-state index contributed by atoms with van der Waals surface area (Å²) in [6.45, 7) is 2.00. The van der Waals surface area contributed by atoms with E-state index in [2.05, 4.69) is 17.3 Å². The zero-order valence-corrected chi connectivity index (χ0v) is 10.7. The average Bonchev–Trinajstić information content (AvgIpc) is 2.33. The van der Waals surface area contributed by atoms with E-state index in [4.69, 9.17) is 11.6 Å². The lowest BCUT2D eigenvalue weighted by Gasteiger charge is -2.28. The number of rotatable bonds is 2. The second-order valence-electron chi connectivity index (χ2n) is 4.57. The van der Waals surface area contributed by atoms with Crippen molar-refractivity contribution in [2.45, 2.75) is 12.8 Å². The minimum Gasteiger partial charge on any atom is -0.326 e. The Labute approximate surface area is 107 Å². The molecule has 1 amide bonds. The van der Waals surface area contributed by atoms with Crippen LogP contribution in [-0.4, -0.2) is 30.9 Å². The molecule has 17 heavy (non-hydrogen) atoms. The van der Waals surface area contributed by atoms with Gasteiger partial charge in [-0.3, -0.25) is 4.79 Å². The number of carbonyl (C=O) groups excluding carboxylic acids is 1. The molecule has 0 bridgehead atoms. The summed E-state index contributed by atoms with van der Waals surface area (Å²) in [7, 11) is 2.09. The molecule has 1 N–H and O–H groups in total. The van der Waals surface area contributed by atoms with Gasteiger partial charge in [-0.25, -0.2) is 0 Å². The molecule has 0 atom stereocenters. The normalized spacial score (nSPS) is 18.0. The van der Waals surface area contributed by atoms with E-state index in [0.717, 1.165) is 31.6 Å². The Bertz CT molecular complexity index is 383. The van der Waals surface area contributed by atoms with Crippen LogP contribution in [0.5, 0.6) is 0 Å². The maximum atomic E-state index is 12.0. The smallest absolute Gasteiger partial charge is 0.227 e. The van der Waals surface area contributed by atoms with Crippen molar-refractivity contribution < 1.29 is 4.79 Å². The predicted octanol–water partition coefficient (Wildman–Crippen LogP) is 2.62. The Kier molecular flexibility index (Phi) is 4.02. The summed E-state index contributed by atoms with van der Waals surface area (Å²) in [4.78, 5) is 14.3. The molecule has 0 aliphatic carbocycles. The zero-order chi connectivity index (χ0) is 12.3. The van der Waals surface area contributed by atoms with Gasteiger partial charge >= 0.3 is 0 Å². The Hall–Kier alpha value is -1.06. The molecule has 2 rings (SSSR count). The van der Waals surface area contributed by atoms with Crippen molar-refractivity contribution in [1.29, 1.82) is 0 Å². The Morgan fingerprint density at radius 1 is 1.29 bits per heavy atom. The fourth-order valence-corrected chi connectivity index (χ4v) is 2.17. The highest BCUT2D eigenvalue weighted by Crippen LogP contribution is 2.19. The SMILES string of the molecule is CN1CCC(C(=O)Nc2ccc(Cl)cc2)CC1. The number of nitrogens with zero attached hydrogens (tertiary/aromatic N) is 1. The molecule has 0 aromatic heterocycles. The summed E-state index contributed by atoms with van der Waals surface area (Å²) in [5.74, 6) is 0.266. The van der Waals surface area contributed by atoms with E-state index < -0.39 is 0 Å². The van der Waals surface area contributed by atoms with Crippen molar-refractivity contribution in [2.24, 2.45) is 5.92 Å². The number of piperidine rings is 1. The molecule has 0 radical (unpaired) electrons. The third-order valence-electron chi connectivity index (χ3n) is 3.20. The number of hydrogen-bond donors (Lipinski definition) is 1. The molecule has 1 saturated heterocycles. The van der Waals surface area contributed by atoms with Crippen LogP contribution in [0, 0.1) is 5.92 Å². The fraction of sp³-hybridized carbons (Fsp3) is 0.462. The second kappa shape index (κ2) is 5.52. The molecule has 0 spiro atoms. The van der Waals surface area contributed by atoms with E-state index in [1.165, 1.54) is 0 Å². The first-order valence-corrected chi connectivity index (χ1v) is 6.28. The molecule has 1 aromatic rings. The molecule has 0 unspecified atom stereocenters. The lowest BCUT2D eigenvalue weighted by atomic mass is 9.96. The molecular weight excluding hydrogens is 236 g/mol. The molecule has 1 aliphatic rings. The molecule has 92 valence electrons. The van der Waals surface area contributed by atoms with Gasteiger partial charge in [0.05, 0.1) is 0 Å². The van der Waals surface area contributed by atoms with Crippen molar-refractivity contribution in [1.82, 2.24) is 4.90 Å². The van der Waals surface area contributed by atoms with Crippen LogP contribution in [0.4, 0.5) is 5.69 Å². The first-order valence-electron chi connectivity index (χ1n) is 5.90. The third-order valence-corrected chi connectivity index (χ3v) is 3.45. The van der Waals surface area contributed by atoms with E-state index >= 15 is 0 Å². The first kappa shape index (κ1) is 12.4. The summed E-state index contributed by atoms with van der Waals surface area (Å²) >= 11 is 5.79. The van der Waals surface area contributed by atoms with Gasteiger partial charge in [-0.1, -0.05) is 11.6 Å². The van der Waals surface area contributed by atoms with Crippen LogP contribution in [0.2, 0.25) is 5.02 Å². The summed E-state index contributed by atoms with van der Waals surface area (Å²) in [6, 6.07) is 7.22. The number of nitrogens with one attached hydrogen (secondary N) is 1. The lowest BCUT2D eigenvalue weighted by Crippen LogP contribution is -2.35. The molecular formula is C13H17ClN2O. The summed E-state index contributed by atoms with van der Waals surface area (Å²) in [5.41, 5.74) is 0.818. The molecule has 1 fully saturated rings. The van der Waals surface area contributed by atoms with Crippen LogP contribution < -0.4 is 5.32 Å². The fourth-order valence-electron chi connectivity index (χ4n) is 2.05. The van der Waals surface area contributed by atoms with Gasteiger partial charge in [0.2, 0.25) is 5.91 Å². The Morgan fingerprint density at radius 2 is 1.88 bits per heavy atom. The maximum Gasteiger partial charge on any atom is 0.227 e. The highest BCUT2D eigenvalue weighted by atomic mass is 35.5. The van der Waals surface area contributed by atoms with Crippen molar-refractivity contribution >= 4 is 23.2 Å². The molecule has 4 heteroatoms. The van der Waals surface area contributed by atoms with Crippen molar-refractivity contribution in [3.05, 3.63) is 29.3 Å². The summed E-state index contributed by atoms with van der Waals surface area (Å²) in [5, 5.41) is 3.62.